The van der Waals surface area contributed by atoms with Crippen molar-refractivity contribution in [2.24, 2.45) is 0 Å². The van der Waals surface area contributed by atoms with Gasteiger partial charge >= 0.3 is 35.5 Å². The van der Waals surface area contributed by atoms with E-state index in [4.69, 9.17) is 12.2 Å². The molecule has 0 unspecified atom stereocenters. The first-order valence-electron chi connectivity index (χ1n) is 7.90. The Labute approximate surface area is 183 Å². The fourth-order valence-electron chi connectivity index (χ4n) is 2.35. The SMILES string of the molecule is CC(C)n1c(S)c(S)n(CC(F)(F)C(F)(F)C(F)(F)C(F)(F)C(F)(F)C(C)(F)F)c1=S. The Kier molecular flexibility index (Phi) is 7.27. The molecule has 31 heavy (non-hydrogen) atoms. The van der Waals surface area contributed by atoms with Crippen molar-refractivity contribution in [3.63, 3.8) is 0 Å². The molecule has 0 spiro atoms. The molecule has 0 aliphatic rings. The summed E-state index contributed by atoms with van der Waals surface area (Å²) in [6.07, 6.45) is 0. The highest BCUT2D eigenvalue weighted by molar-refractivity contribution is 7.83. The maximum atomic E-state index is 14.2. The number of thiol groups is 2. The monoisotopic (exact) mass is 534 g/mol. The summed E-state index contributed by atoms with van der Waals surface area (Å²) < 4.78 is 163. The van der Waals surface area contributed by atoms with E-state index in [2.05, 4.69) is 25.3 Å². The molecule has 0 aliphatic heterocycles. The number of halogens is 12. The summed E-state index contributed by atoms with van der Waals surface area (Å²) in [7, 11) is 0. The van der Waals surface area contributed by atoms with Crippen LogP contribution < -0.4 is 0 Å². The standard InChI is InChI=1S/C14H14F12N2S3/c1-5(2)28-7(30)6(29)27(8(28)31)4-10(17,18)12(21,22)14(25,26)13(23,24)11(19,20)9(3,15)16/h5,29-30H,4H2,1-3H3. The molecular weight excluding hydrogens is 520 g/mol. The molecule has 0 atom stereocenters. The van der Waals surface area contributed by atoms with E-state index >= 15 is 0 Å². The average Bonchev–Trinajstić information content (AvgIpc) is 2.76. The zero-order valence-corrected chi connectivity index (χ0v) is 18.1. The molecule has 0 bridgehead atoms. The molecule has 2 nitrogen and oxygen atoms in total. The van der Waals surface area contributed by atoms with Gasteiger partial charge in [0.05, 0.1) is 6.54 Å². The van der Waals surface area contributed by atoms with E-state index in [1.54, 1.807) is 0 Å². The van der Waals surface area contributed by atoms with Crippen molar-refractivity contribution >= 4 is 37.5 Å². The van der Waals surface area contributed by atoms with E-state index in [1.165, 1.54) is 13.8 Å². The largest absolute Gasteiger partial charge is 0.384 e. The smallest absolute Gasteiger partial charge is 0.309 e. The highest BCUT2D eigenvalue weighted by atomic mass is 32.1. The van der Waals surface area contributed by atoms with Crippen LogP contribution in [0.4, 0.5) is 52.7 Å². The third-order valence-corrected chi connectivity index (χ3v) is 5.66. The van der Waals surface area contributed by atoms with E-state index in [1.807, 2.05) is 0 Å². The van der Waals surface area contributed by atoms with Crippen LogP contribution in [0.3, 0.4) is 0 Å². The minimum absolute atomic E-state index is 0.0372. The maximum absolute atomic E-state index is 14.2. The number of hydrogen-bond acceptors (Lipinski definition) is 3. The van der Waals surface area contributed by atoms with Gasteiger partial charge in [-0.2, -0.15) is 52.7 Å². The second-order valence-electron chi connectivity index (χ2n) is 6.87. The third-order valence-electron chi connectivity index (χ3n) is 4.19. The molecule has 0 aliphatic carbocycles. The normalized spacial score (nSPS) is 15.2. The molecule has 0 amide bonds. The van der Waals surface area contributed by atoms with E-state index in [0.717, 1.165) is 4.57 Å². The van der Waals surface area contributed by atoms with Gasteiger partial charge in [-0.15, -0.1) is 25.3 Å². The van der Waals surface area contributed by atoms with Crippen molar-refractivity contribution in [1.82, 2.24) is 9.13 Å². The second kappa shape index (κ2) is 7.95. The number of nitrogens with zero attached hydrogens (tertiary/aromatic N) is 2. The second-order valence-corrected chi connectivity index (χ2v) is 8.08. The highest BCUT2D eigenvalue weighted by Gasteiger charge is 2.89. The van der Waals surface area contributed by atoms with Crippen LogP contribution in [-0.2, 0) is 6.54 Å². The molecule has 0 saturated heterocycles. The summed E-state index contributed by atoms with van der Waals surface area (Å²) in [6.45, 7) is -0.615. The summed E-state index contributed by atoms with van der Waals surface area (Å²) >= 11 is 12.3. The molecule has 1 rings (SSSR count). The fourth-order valence-corrected chi connectivity index (χ4v) is 3.66. The molecule has 0 radical (unpaired) electrons. The fraction of sp³-hybridized carbons (Fsp3) is 0.786. The van der Waals surface area contributed by atoms with Crippen LogP contribution in [0.15, 0.2) is 10.1 Å². The average molecular weight is 534 g/mol. The van der Waals surface area contributed by atoms with Gasteiger partial charge in [-0.3, -0.25) is 0 Å². The molecule has 0 N–H and O–H groups in total. The van der Waals surface area contributed by atoms with Crippen LogP contribution in [0.1, 0.15) is 26.8 Å². The van der Waals surface area contributed by atoms with E-state index in [0.29, 0.717) is 0 Å². The van der Waals surface area contributed by atoms with Gasteiger partial charge < -0.3 is 9.13 Å². The van der Waals surface area contributed by atoms with Gasteiger partial charge in [0.2, 0.25) is 0 Å². The molecular formula is C14H14F12N2S3. The predicted molar refractivity (Wildman–Crippen MR) is 93.5 cm³/mol. The van der Waals surface area contributed by atoms with Gasteiger partial charge in [0.25, 0.3) is 0 Å². The number of aromatic nitrogens is 2. The Balaban J connectivity index is 3.60. The van der Waals surface area contributed by atoms with Crippen molar-refractivity contribution in [1.29, 1.82) is 0 Å². The van der Waals surface area contributed by atoms with Gasteiger partial charge in [0, 0.05) is 13.0 Å². The van der Waals surface area contributed by atoms with Gasteiger partial charge in [0.1, 0.15) is 10.1 Å². The van der Waals surface area contributed by atoms with E-state index in [9.17, 15) is 52.7 Å². The molecule has 0 fully saturated rings. The Morgan fingerprint density at radius 1 is 0.742 bits per heavy atom. The number of rotatable bonds is 8. The lowest BCUT2D eigenvalue weighted by Crippen LogP contribution is -2.70. The number of alkyl halides is 12. The predicted octanol–water partition coefficient (Wildman–Crippen LogP) is 7.01. The van der Waals surface area contributed by atoms with Crippen molar-refractivity contribution in [2.45, 2.75) is 78.9 Å². The molecule has 1 aromatic heterocycles. The minimum Gasteiger partial charge on any atom is -0.309 e. The summed E-state index contributed by atoms with van der Waals surface area (Å²) in [6, 6.07) is -0.627. The summed E-state index contributed by atoms with van der Waals surface area (Å²) in [5.74, 6) is -41.7. The third kappa shape index (κ3) is 4.06. The molecule has 1 aromatic rings. The Morgan fingerprint density at radius 2 is 1.13 bits per heavy atom. The van der Waals surface area contributed by atoms with Gasteiger partial charge in [-0.05, 0) is 26.1 Å². The van der Waals surface area contributed by atoms with Crippen molar-refractivity contribution in [3.05, 3.63) is 4.77 Å². The zero-order valence-electron chi connectivity index (χ0n) is 15.5. The van der Waals surface area contributed by atoms with Crippen LogP contribution in [0.25, 0.3) is 0 Å². The number of hydrogen-bond donors (Lipinski definition) is 2. The molecule has 17 heteroatoms. The van der Waals surface area contributed by atoms with Gasteiger partial charge in [-0.1, -0.05) is 0 Å². The Bertz CT molecular complexity index is 882. The lowest BCUT2D eigenvalue weighted by Gasteiger charge is -2.40. The highest BCUT2D eigenvalue weighted by Crippen LogP contribution is 2.60. The molecule has 0 saturated carbocycles. The van der Waals surface area contributed by atoms with Crippen LogP contribution in [0.2, 0.25) is 0 Å². The zero-order chi connectivity index (χ0) is 25.2. The quantitative estimate of drug-likeness (QED) is 0.207. The first-order valence-corrected chi connectivity index (χ1v) is 9.20. The van der Waals surface area contributed by atoms with Gasteiger partial charge in [-0.25, -0.2) is 0 Å². The first-order chi connectivity index (χ1) is 13.4. The van der Waals surface area contributed by atoms with Crippen molar-refractivity contribution < 1.29 is 52.7 Å². The minimum atomic E-state index is -7.62. The van der Waals surface area contributed by atoms with Crippen LogP contribution in [0, 0.1) is 4.77 Å². The maximum Gasteiger partial charge on any atom is 0.384 e. The number of imidazole rings is 1. The van der Waals surface area contributed by atoms with Crippen molar-refractivity contribution in [2.75, 3.05) is 0 Å². The van der Waals surface area contributed by atoms with Crippen molar-refractivity contribution in [3.8, 4) is 0 Å². The Morgan fingerprint density at radius 3 is 1.45 bits per heavy atom. The Hall–Kier alpha value is -0.710. The lowest BCUT2D eigenvalue weighted by molar-refractivity contribution is -0.424. The van der Waals surface area contributed by atoms with Crippen LogP contribution in [-0.4, -0.2) is 44.7 Å². The first kappa shape index (κ1) is 28.3. The van der Waals surface area contributed by atoms with Crippen LogP contribution >= 0.6 is 37.5 Å². The summed E-state index contributed by atoms with van der Waals surface area (Å²) in [4.78, 5) is 0. The topological polar surface area (TPSA) is 9.86 Å². The van der Waals surface area contributed by atoms with Crippen LogP contribution in [0.5, 0.6) is 0 Å². The van der Waals surface area contributed by atoms with E-state index < -0.39 is 64.8 Å². The molecule has 0 aromatic carbocycles. The van der Waals surface area contributed by atoms with E-state index in [-0.39, 0.29) is 9.59 Å². The summed E-state index contributed by atoms with van der Waals surface area (Å²) in [5.41, 5.74) is 0. The molecule has 1 heterocycles. The summed E-state index contributed by atoms with van der Waals surface area (Å²) in [5, 5.41) is -0.935. The molecule has 182 valence electrons. The lowest BCUT2D eigenvalue weighted by atomic mass is 9.92. The van der Waals surface area contributed by atoms with Gasteiger partial charge in [0.15, 0.2) is 4.77 Å².